The number of nitro groups is 1. The van der Waals surface area contributed by atoms with Gasteiger partial charge >= 0.3 is 24.0 Å². The van der Waals surface area contributed by atoms with E-state index in [1.54, 1.807) is 13.8 Å². The first-order valence-electron chi connectivity index (χ1n) is 13.3. The molecule has 2 N–H and O–H groups in total. The lowest BCUT2D eigenvalue weighted by Crippen LogP contribution is -2.40. The Balaban J connectivity index is 2.70. The summed E-state index contributed by atoms with van der Waals surface area (Å²) in [5.74, 6) is -3.61. The van der Waals surface area contributed by atoms with Crippen LogP contribution in [0.5, 0.6) is 0 Å². The Labute approximate surface area is 243 Å². The number of nitrogens with two attached hydrogens (primary N) is 1. The van der Waals surface area contributed by atoms with Crippen LogP contribution < -0.4 is 5.73 Å². The molecule has 0 saturated heterocycles. The van der Waals surface area contributed by atoms with E-state index >= 15 is 0 Å². The number of non-ortho nitro benzene ring substituents is 1. The lowest BCUT2D eigenvalue weighted by molar-refractivity contribution is -0.384. The van der Waals surface area contributed by atoms with Crippen molar-refractivity contribution in [2.75, 3.05) is 26.9 Å². The molecule has 0 spiro atoms. The highest BCUT2D eigenvalue weighted by Gasteiger charge is 2.43. The molecule has 0 aromatic heterocycles. The molecular weight excluding hydrogens is 554 g/mol. The lowest BCUT2D eigenvalue weighted by atomic mass is 9.79. The van der Waals surface area contributed by atoms with Gasteiger partial charge in [-0.15, -0.1) is 0 Å². The normalized spacial score (nSPS) is 15.8. The van der Waals surface area contributed by atoms with Crippen molar-refractivity contribution in [1.82, 2.24) is 4.90 Å². The molecule has 0 saturated carbocycles. The minimum atomic E-state index is -1.32. The Kier molecular flexibility index (Phi) is 12.6. The number of carbonyl (C=O) groups excluding carboxylic acids is 4. The molecule has 14 heteroatoms. The van der Waals surface area contributed by atoms with Crippen molar-refractivity contribution < 1.29 is 47.8 Å². The zero-order valence-electron chi connectivity index (χ0n) is 24.5. The summed E-state index contributed by atoms with van der Waals surface area (Å²) in [6.07, 6.45) is -2.56. The first-order chi connectivity index (χ1) is 19.8. The molecule has 2 unspecified atom stereocenters. The molecule has 1 heterocycles. The molecular formula is C28H37N3O11. The molecule has 14 nitrogen and oxygen atoms in total. The van der Waals surface area contributed by atoms with Crippen molar-refractivity contribution in [3.05, 3.63) is 62.5 Å². The summed E-state index contributed by atoms with van der Waals surface area (Å²) in [7, 11) is 1.42. The van der Waals surface area contributed by atoms with Crippen LogP contribution in [0.25, 0.3) is 0 Å². The molecule has 0 aliphatic carbocycles. The van der Waals surface area contributed by atoms with E-state index in [0.29, 0.717) is 6.42 Å². The molecule has 0 bridgehead atoms. The summed E-state index contributed by atoms with van der Waals surface area (Å²) in [5, 5.41) is 11.6. The van der Waals surface area contributed by atoms with E-state index < -0.39 is 47.2 Å². The average molecular weight is 592 g/mol. The third-order valence-corrected chi connectivity index (χ3v) is 6.08. The van der Waals surface area contributed by atoms with E-state index in [-0.39, 0.29) is 60.0 Å². The summed E-state index contributed by atoms with van der Waals surface area (Å²) in [5.41, 5.74) is 5.11. The van der Waals surface area contributed by atoms with Gasteiger partial charge in [-0.05, 0) is 46.2 Å². The van der Waals surface area contributed by atoms with E-state index in [1.165, 1.54) is 52.1 Å². The van der Waals surface area contributed by atoms with Crippen LogP contribution >= 0.6 is 0 Å². The molecule has 1 aliphatic rings. The zero-order valence-corrected chi connectivity index (χ0v) is 24.5. The molecule has 1 aliphatic heterocycles. The Morgan fingerprint density at radius 3 is 2.21 bits per heavy atom. The van der Waals surface area contributed by atoms with Crippen molar-refractivity contribution in [2.45, 2.75) is 65.8 Å². The van der Waals surface area contributed by atoms with Crippen LogP contribution in [0.1, 0.15) is 58.9 Å². The number of nitrogens with zero attached hydrogens (tertiary/aromatic N) is 2. The fourth-order valence-corrected chi connectivity index (χ4v) is 4.29. The van der Waals surface area contributed by atoms with Gasteiger partial charge in [0.1, 0.15) is 6.61 Å². The first kappa shape index (κ1) is 33.9. The van der Waals surface area contributed by atoms with E-state index in [2.05, 4.69) is 0 Å². The van der Waals surface area contributed by atoms with E-state index in [1.807, 2.05) is 0 Å². The predicted molar refractivity (Wildman–Crippen MR) is 147 cm³/mol. The Hall–Kier alpha value is -4.30. The van der Waals surface area contributed by atoms with Crippen molar-refractivity contribution >= 4 is 29.7 Å². The number of esters is 3. The summed E-state index contributed by atoms with van der Waals surface area (Å²) >= 11 is 0. The summed E-state index contributed by atoms with van der Waals surface area (Å²) in [4.78, 5) is 64.4. The summed E-state index contributed by atoms with van der Waals surface area (Å²) in [6.45, 7) is 7.63. The van der Waals surface area contributed by atoms with Crippen LogP contribution in [0.15, 0.2) is 46.8 Å². The Morgan fingerprint density at radius 2 is 1.64 bits per heavy atom. The number of ether oxygens (including phenoxy) is 5. The number of amides is 1. The summed E-state index contributed by atoms with van der Waals surface area (Å²) in [6, 6.07) is 5.42. The van der Waals surface area contributed by atoms with Gasteiger partial charge in [-0.25, -0.2) is 14.4 Å². The average Bonchev–Trinajstić information content (AvgIpc) is 2.91. The monoisotopic (exact) mass is 591 g/mol. The largest absolute Gasteiger partial charge is 0.460 e. The van der Waals surface area contributed by atoms with Gasteiger partial charge in [0, 0.05) is 44.0 Å². The number of allylic oxidation sites excluding steroid dienone is 2. The van der Waals surface area contributed by atoms with Gasteiger partial charge in [-0.1, -0.05) is 12.1 Å². The molecule has 42 heavy (non-hydrogen) atoms. The van der Waals surface area contributed by atoms with Crippen LogP contribution in [-0.2, 0) is 38.1 Å². The van der Waals surface area contributed by atoms with Crippen LogP contribution in [0, 0.1) is 10.1 Å². The number of benzene rings is 1. The van der Waals surface area contributed by atoms with Crippen LogP contribution in [0.4, 0.5) is 10.5 Å². The minimum Gasteiger partial charge on any atom is -0.460 e. The molecule has 0 radical (unpaired) electrons. The second kappa shape index (κ2) is 15.6. The van der Waals surface area contributed by atoms with Crippen molar-refractivity contribution in [3.63, 3.8) is 0 Å². The number of rotatable bonds is 13. The van der Waals surface area contributed by atoms with Crippen molar-refractivity contribution in [2.24, 2.45) is 5.73 Å². The van der Waals surface area contributed by atoms with Gasteiger partial charge in [-0.2, -0.15) is 0 Å². The molecule has 1 aromatic rings. The number of hydrogen-bond donors (Lipinski definition) is 1. The highest BCUT2D eigenvalue weighted by molar-refractivity contribution is 6.01. The lowest BCUT2D eigenvalue weighted by Gasteiger charge is -2.36. The van der Waals surface area contributed by atoms with Gasteiger partial charge in [0.15, 0.2) is 0 Å². The fourth-order valence-electron chi connectivity index (χ4n) is 4.29. The maximum atomic E-state index is 13.5. The molecule has 2 rings (SSSR count). The SMILES string of the molecule is COCCOC(=O)C1=C(C)N(C(=O)OC(C)OC(=O)CCCN)C(C)=C(C(=O)OC(C)C)C1c1cccc([N+](=O)[O-])c1. The standard InChI is InChI=1S/C28H37N3O11/c1-16(2)40-27(34)24-18(4)30(28(35)42-19(5)41-22(32)11-8-12-29)17(3)23(26(33)39-14-13-38-6)25(24)20-9-7-10-21(15-20)31(36)37/h7,9-10,15-16,19,25H,8,11-14,29H2,1-6H3. The maximum Gasteiger partial charge on any atom is 0.421 e. The van der Waals surface area contributed by atoms with E-state index in [4.69, 9.17) is 29.4 Å². The minimum absolute atomic E-state index is 0.0213. The Morgan fingerprint density at radius 1 is 1.00 bits per heavy atom. The third kappa shape index (κ3) is 8.60. The van der Waals surface area contributed by atoms with Crippen molar-refractivity contribution in [1.29, 1.82) is 0 Å². The third-order valence-electron chi connectivity index (χ3n) is 6.08. The molecule has 2 atom stereocenters. The summed E-state index contributed by atoms with van der Waals surface area (Å²) < 4.78 is 26.3. The van der Waals surface area contributed by atoms with Crippen LogP contribution in [0.2, 0.25) is 0 Å². The van der Waals surface area contributed by atoms with E-state index in [9.17, 15) is 29.3 Å². The van der Waals surface area contributed by atoms with Gasteiger partial charge in [-0.3, -0.25) is 19.8 Å². The van der Waals surface area contributed by atoms with Crippen LogP contribution in [0.3, 0.4) is 0 Å². The highest BCUT2D eigenvalue weighted by atomic mass is 16.7. The van der Waals surface area contributed by atoms with Gasteiger partial charge in [0.2, 0.25) is 6.29 Å². The second-order valence-electron chi connectivity index (χ2n) is 9.53. The zero-order chi connectivity index (χ0) is 31.6. The first-order valence-corrected chi connectivity index (χ1v) is 13.3. The molecule has 1 aromatic carbocycles. The number of nitro benzene ring substituents is 1. The highest BCUT2D eigenvalue weighted by Crippen LogP contribution is 2.44. The van der Waals surface area contributed by atoms with Gasteiger partial charge in [0.05, 0.1) is 34.7 Å². The maximum absolute atomic E-state index is 13.5. The van der Waals surface area contributed by atoms with Crippen molar-refractivity contribution in [3.8, 4) is 0 Å². The molecule has 1 amide bonds. The second-order valence-corrected chi connectivity index (χ2v) is 9.53. The quantitative estimate of drug-likeness (QED) is 0.0880. The van der Waals surface area contributed by atoms with E-state index in [0.717, 1.165) is 4.90 Å². The fraction of sp³-hybridized carbons (Fsp3) is 0.500. The predicted octanol–water partition coefficient (Wildman–Crippen LogP) is 3.45. The smallest absolute Gasteiger partial charge is 0.421 e. The number of carbonyl (C=O) groups is 4. The van der Waals surface area contributed by atoms with Gasteiger partial charge < -0.3 is 29.4 Å². The number of hydrogen-bond acceptors (Lipinski definition) is 12. The molecule has 230 valence electrons. The topological polar surface area (TPSA) is 187 Å². The van der Waals surface area contributed by atoms with Gasteiger partial charge in [0.25, 0.3) is 5.69 Å². The van der Waals surface area contributed by atoms with Crippen LogP contribution in [-0.4, -0.2) is 73.1 Å². The molecule has 0 fully saturated rings. The number of methoxy groups -OCH3 is 1. The Bertz CT molecular complexity index is 1260.